The summed E-state index contributed by atoms with van der Waals surface area (Å²) in [7, 11) is 0. The average molecular weight is 498 g/mol. The summed E-state index contributed by atoms with van der Waals surface area (Å²) in [6.07, 6.45) is 1.19. The molecule has 34 heavy (non-hydrogen) atoms. The van der Waals surface area contributed by atoms with Gasteiger partial charge in [-0.25, -0.2) is 8.78 Å². The molecule has 186 valence electrons. The highest BCUT2D eigenvalue weighted by atomic mass is 19.3. The van der Waals surface area contributed by atoms with Crippen molar-refractivity contribution in [2.24, 2.45) is 0 Å². The highest BCUT2D eigenvalue weighted by Crippen LogP contribution is 2.58. The molecule has 0 amide bonds. The van der Waals surface area contributed by atoms with Crippen LogP contribution in [0.2, 0.25) is 0 Å². The van der Waals surface area contributed by atoms with E-state index in [4.69, 9.17) is 0 Å². The fourth-order valence-electron chi connectivity index (χ4n) is 4.02. The number of benzene rings is 1. The van der Waals surface area contributed by atoms with Crippen molar-refractivity contribution in [3.63, 3.8) is 0 Å². The molecule has 0 N–H and O–H groups in total. The first-order chi connectivity index (χ1) is 15.7. The molecule has 0 atom stereocenters. The highest BCUT2D eigenvalue weighted by Gasteiger charge is 2.69. The van der Waals surface area contributed by atoms with Gasteiger partial charge in [0.05, 0.1) is 0 Å². The highest BCUT2D eigenvalue weighted by molar-refractivity contribution is 5.78. The molecular weight excluding hydrogens is 478 g/mol. The second-order valence-electron chi connectivity index (χ2n) is 8.13. The molecule has 0 spiro atoms. The Morgan fingerprint density at radius 3 is 1.59 bits per heavy atom. The Morgan fingerprint density at radius 1 is 0.559 bits per heavy atom. The minimum Gasteiger partial charge on any atom is -0.203 e. The van der Waals surface area contributed by atoms with E-state index in [2.05, 4.69) is 0 Å². The van der Waals surface area contributed by atoms with Crippen molar-refractivity contribution in [2.45, 2.75) is 63.2 Å². The van der Waals surface area contributed by atoms with Gasteiger partial charge in [0.2, 0.25) is 0 Å². The second kappa shape index (κ2) is 8.61. The van der Waals surface area contributed by atoms with Crippen molar-refractivity contribution in [2.75, 3.05) is 0 Å². The quantitative estimate of drug-likeness (QED) is 0.345. The number of aryl methyl sites for hydroxylation is 1. The summed E-state index contributed by atoms with van der Waals surface area (Å²) >= 11 is 0. The lowest BCUT2D eigenvalue weighted by atomic mass is 9.77. The average Bonchev–Trinajstić information content (AvgIpc) is 2.73. The fraction of sp³-hybridized carbons (Fsp3) is 0.417. The molecule has 0 radical (unpaired) electrons. The molecule has 0 saturated carbocycles. The third-order valence-electron chi connectivity index (χ3n) is 5.86. The van der Waals surface area contributed by atoms with Crippen LogP contribution in [0.25, 0.3) is 5.57 Å². The van der Waals surface area contributed by atoms with E-state index in [1.54, 1.807) is 6.92 Å². The number of alkyl halides is 8. The summed E-state index contributed by atoms with van der Waals surface area (Å²) in [5.74, 6) is -24.1. The van der Waals surface area contributed by atoms with Gasteiger partial charge in [0.25, 0.3) is 0 Å². The normalized spacial score (nSPS) is 22.5. The zero-order valence-electron chi connectivity index (χ0n) is 18.1. The summed E-state index contributed by atoms with van der Waals surface area (Å²) in [5.41, 5.74) is -8.01. The van der Waals surface area contributed by atoms with Crippen molar-refractivity contribution >= 4 is 5.57 Å². The van der Waals surface area contributed by atoms with Crippen molar-refractivity contribution in [3.8, 4) is 0 Å². The summed E-state index contributed by atoms with van der Waals surface area (Å²) in [5, 5.41) is 0. The molecule has 0 nitrogen and oxygen atoms in total. The van der Waals surface area contributed by atoms with Gasteiger partial charge >= 0.3 is 23.7 Å². The van der Waals surface area contributed by atoms with Crippen LogP contribution in [0.4, 0.5) is 43.9 Å². The molecule has 1 aromatic carbocycles. The molecule has 3 rings (SSSR count). The van der Waals surface area contributed by atoms with E-state index in [0.29, 0.717) is 18.6 Å². The Balaban J connectivity index is 2.19. The van der Waals surface area contributed by atoms with Crippen LogP contribution in [0.15, 0.2) is 53.2 Å². The van der Waals surface area contributed by atoms with Crippen LogP contribution >= 0.6 is 0 Å². The van der Waals surface area contributed by atoms with Crippen LogP contribution in [-0.2, 0) is 6.42 Å². The Hall–Kier alpha value is -2.52. The molecule has 0 fully saturated rings. The summed E-state index contributed by atoms with van der Waals surface area (Å²) in [6.45, 7) is 3.09. The van der Waals surface area contributed by atoms with Crippen molar-refractivity contribution in [1.82, 2.24) is 0 Å². The van der Waals surface area contributed by atoms with Gasteiger partial charge in [-0.15, -0.1) is 0 Å². The Kier molecular flexibility index (Phi) is 6.60. The first-order valence-electron chi connectivity index (χ1n) is 10.5. The van der Waals surface area contributed by atoms with E-state index in [0.717, 1.165) is 6.07 Å². The second-order valence-corrected chi connectivity index (χ2v) is 8.13. The Bertz CT molecular complexity index is 1100. The molecule has 0 heterocycles. The molecule has 0 aromatic heterocycles. The van der Waals surface area contributed by atoms with Crippen LogP contribution in [0.1, 0.15) is 44.2 Å². The zero-order chi connectivity index (χ0) is 25.7. The maximum Gasteiger partial charge on any atom is 0.340 e. The summed E-state index contributed by atoms with van der Waals surface area (Å²) < 4.78 is 147. The van der Waals surface area contributed by atoms with Gasteiger partial charge in [0.15, 0.2) is 11.6 Å². The Morgan fingerprint density at radius 2 is 1.03 bits per heavy atom. The minimum atomic E-state index is -5.43. The molecule has 1 aromatic rings. The maximum atomic E-state index is 14.9. The molecule has 0 unspecified atom stereocenters. The lowest BCUT2D eigenvalue weighted by Crippen LogP contribution is -2.51. The van der Waals surface area contributed by atoms with Crippen molar-refractivity contribution < 1.29 is 43.9 Å². The predicted octanol–water partition coefficient (Wildman–Crippen LogP) is 8.45. The first kappa shape index (κ1) is 26.1. The molecule has 0 bridgehead atoms. The largest absolute Gasteiger partial charge is 0.340 e. The number of rotatable bonds is 6. The van der Waals surface area contributed by atoms with E-state index < -0.39 is 69.6 Å². The molecular formula is C24H20F10. The fourth-order valence-corrected chi connectivity index (χ4v) is 4.02. The predicted molar refractivity (Wildman–Crippen MR) is 107 cm³/mol. The zero-order valence-corrected chi connectivity index (χ0v) is 18.1. The summed E-state index contributed by atoms with van der Waals surface area (Å²) in [6, 6.07) is 1.66. The van der Waals surface area contributed by atoms with E-state index in [-0.39, 0.29) is 36.6 Å². The van der Waals surface area contributed by atoms with Crippen LogP contribution in [0.5, 0.6) is 0 Å². The van der Waals surface area contributed by atoms with Gasteiger partial charge in [-0.05, 0) is 18.4 Å². The molecule has 10 heteroatoms. The SMILES string of the molecule is CCCC1=CC=C(C2=CC=C(c3ccc(CCC)c(F)c3F)C(F)(F)C2(F)F)C(F)(F)C1(F)F. The molecule has 0 saturated heterocycles. The number of hydrogen-bond acceptors (Lipinski definition) is 0. The van der Waals surface area contributed by atoms with Gasteiger partial charge in [-0.2, -0.15) is 35.1 Å². The van der Waals surface area contributed by atoms with E-state index in [1.807, 2.05) is 0 Å². The first-order valence-corrected chi connectivity index (χ1v) is 10.5. The molecule has 2 aliphatic rings. The van der Waals surface area contributed by atoms with Gasteiger partial charge in [0.1, 0.15) is 0 Å². The van der Waals surface area contributed by atoms with Crippen LogP contribution < -0.4 is 0 Å². The lowest BCUT2D eigenvalue weighted by Gasteiger charge is -2.39. The monoisotopic (exact) mass is 498 g/mol. The van der Waals surface area contributed by atoms with Gasteiger partial charge in [0, 0.05) is 27.9 Å². The van der Waals surface area contributed by atoms with E-state index in [9.17, 15) is 43.9 Å². The standard InChI is InChI=1S/C24H20F10/c1-3-5-13-7-9-15(20(26)19(13)25)16-11-12-18(24(33,34)22(16,29)30)17-10-8-14(6-4-2)21(27,28)23(17,31)32/h7-12H,3-6H2,1-2H3. The molecule has 2 aliphatic carbocycles. The van der Waals surface area contributed by atoms with Crippen LogP contribution in [-0.4, -0.2) is 23.7 Å². The van der Waals surface area contributed by atoms with Crippen molar-refractivity contribution in [1.29, 1.82) is 0 Å². The Labute approximate surface area is 189 Å². The van der Waals surface area contributed by atoms with Gasteiger partial charge in [-0.1, -0.05) is 63.1 Å². The number of hydrogen-bond donors (Lipinski definition) is 0. The topological polar surface area (TPSA) is 0 Å². The maximum absolute atomic E-state index is 14.9. The minimum absolute atomic E-state index is 0.0584. The van der Waals surface area contributed by atoms with Crippen LogP contribution in [0.3, 0.4) is 0 Å². The summed E-state index contributed by atoms with van der Waals surface area (Å²) in [4.78, 5) is 0. The third-order valence-corrected chi connectivity index (χ3v) is 5.86. The van der Waals surface area contributed by atoms with Crippen LogP contribution in [0, 0.1) is 11.6 Å². The third kappa shape index (κ3) is 3.69. The lowest BCUT2D eigenvalue weighted by molar-refractivity contribution is -0.175. The smallest absolute Gasteiger partial charge is 0.203 e. The van der Waals surface area contributed by atoms with E-state index >= 15 is 0 Å². The molecule has 0 aliphatic heterocycles. The van der Waals surface area contributed by atoms with Crippen molar-refractivity contribution in [3.05, 3.63) is 75.9 Å². The number of halogens is 10. The van der Waals surface area contributed by atoms with Gasteiger partial charge < -0.3 is 0 Å². The van der Waals surface area contributed by atoms with E-state index in [1.165, 1.54) is 6.92 Å². The van der Waals surface area contributed by atoms with Gasteiger partial charge in [-0.3, -0.25) is 0 Å². The number of allylic oxidation sites excluding steroid dienone is 8.